The largest absolute Gasteiger partial charge is 0.508 e. The molecule has 2 aliphatic heterocycles. The molecular formula is C29H25FN2O9. The molecule has 0 aromatic heterocycles. The molecular weight excluding hydrogens is 539 g/mol. The number of nitro groups is 1. The molecule has 5 rings (SSSR count). The summed E-state index contributed by atoms with van der Waals surface area (Å²) in [7, 11) is 0. The summed E-state index contributed by atoms with van der Waals surface area (Å²) in [6, 6.07) is 12.7. The number of nitrogens with one attached hydrogen (secondary N) is 1. The van der Waals surface area contributed by atoms with Gasteiger partial charge >= 0.3 is 11.9 Å². The number of hydrogen-bond donors (Lipinski definition) is 2. The van der Waals surface area contributed by atoms with Crippen LogP contribution >= 0.6 is 0 Å². The minimum Gasteiger partial charge on any atom is -0.508 e. The van der Waals surface area contributed by atoms with Crippen molar-refractivity contribution in [3.05, 3.63) is 99.4 Å². The third-order valence-corrected chi connectivity index (χ3v) is 7.34. The maximum absolute atomic E-state index is 14.7. The first-order chi connectivity index (χ1) is 19.6. The molecule has 3 aromatic carbocycles. The molecule has 12 heteroatoms. The molecule has 212 valence electrons. The SMILES string of the molecule is CCOC(=O)C1(C(=O)OCC)N[C@H](c2cc([N+](=O)[O-])ccc2O)[C@]2(Oc3ccccc3C2=O)[C@@H]1c1cccc(F)c1. The second-order valence-electron chi connectivity index (χ2n) is 9.54. The van der Waals surface area contributed by atoms with Gasteiger partial charge in [-0.15, -0.1) is 0 Å². The lowest BCUT2D eigenvalue weighted by Crippen LogP contribution is -2.61. The van der Waals surface area contributed by atoms with E-state index < -0.39 is 63.0 Å². The van der Waals surface area contributed by atoms with Gasteiger partial charge in [0.2, 0.25) is 16.9 Å². The summed E-state index contributed by atoms with van der Waals surface area (Å²) in [6.07, 6.45) is 0. The van der Waals surface area contributed by atoms with Crippen LogP contribution in [0.3, 0.4) is 0 Å². The molecule has 2 N–H and O–H groups in total. The Morgan fingerprint density at radius 1 is 1.05 bits per heavy atom. The van der Waals surface area contributed by atoms with Crippen LogP contribution in [0.1, 0.15) is 47.3 Å². The number of ether oxygens (including phenoxy) is 3. The van der Waals surface area contributed by atoms with E-state index in [9.17, 15) is 34.0 Å². The number of fused-ring (bicyclic) bond motifs is 1. The molecule has 0 bridgehead atoms. The van der Waals surface area contributed by atoms with Crippen molar-refractivity contribution in [3.8, 4) is 11.5 Å². The summed E-state index contributed by atoms with van der Waals surface area (Å²) in [5.41, 5.74) is -5.31. The minimum atomic E-state index is -2.51. The predicted octanol–water partition coefficient (Wildman–Crippen LogP) is 3.75. The number of carbonyl (C=O) groups excluding carboxylic acids is 3. The minimum absolute atomic E-state index is 0.00665. The van der Waals surface area contributed by atoms with Gasteiger partial charge in [0.25, 0.3) is 5.69 Å². The van der Waals surface area contributed by atoms with Crippen LogP contribution in [0, 0.1) is 15.9 Å². The maximum atomic E-state index is 14.7. The van der Waals surface area contributed by atoms with Gasteiger partial charge < -0.3 is 19.3 Å². The third-order valence-electron chi connectivity index (χ3n) is 7.34. The average Bonchev–Trinajstić information content (AvgIpc) is 3.41. The molecule has 0 saturated carbocycles. The summed E-state index contributed by atoms with van der Waals surface area (Å²) in [5.74, 6) is -5.75. The number of phenolic OH excluding ortho intramolecular Hbond substituents is 1. The first kappa shape index (κ1) is 27.7. The highest BCUT2D eigenvalue weighted by Gasteiger charge is 2.77. The normalized spacial score (nSPS) is 22.2. The maximum Gasteiger partial charge on any atom is 0.338 e. The monoisotopic (exact) mass is 564 g/mol. The molecule has 1 spiro atoms. The Morgan fingerprint density at radius 2 is 1.73 bits per heavy atom. The van der Waals surface area contributed by atoms with E-state index in [-0.39, 0.29) is 35.7 Å². The highest BCUT2D eigenvalue weighted by Crippen LogP contribution is 2.59. The van der Waals surface area contributed by atoms with E-state index in [0.29, 0.717) is 0 Å². The van der Waals surface area contributed by atoms with Crippen LogP contribution in [0.2, 0.25) is 0 Å². The molecule has 2 aliphatic rings. The van der Waals surface area contributed by atoms with Gasteiger partial charge in [0.1, 0.15) is 17.3 Å². The number of benzene rings is 3. The first-order valence-electron chi connectivity index (χ1n) is 12.8. The van der Waals surface area contributed by atoms with Crippen LogP contribution in [0.25, 0.3) is 0 Å². The molecule has 0 unspecified atom stereocenters. The zero-order valence-corrected chi connectivity index (χ0v) is 22.0. The topological polar surface area (TPSA) is 154 Å². The number of rotatable bonds is 7. The molecule has 0 aliphatic carbocycles. The number of hydrogen-bond acceptors (Lipinski definition) is 10. The first-order valence-corrected chi connectivity index (χ1v) is 12.8. The number of carbonyl (C=O) groups is 3. The summed E-state index contributed by atoms with van der Waals surface area (Å²) in [5, 5.41) is 25.5. The van der Waals surface area contributed by atoms with E-state index in [1.165, 1.54) is 38.1 Å². The van der Waals surface area contributed by atoms with Gasteiger partial charge in [0.15, 0.2) is 0 Å². The second kappa shape index (κ2) is 10.3. The number of esters is 2. The molecule has 3 atom stereocenters. The summed E-state index contributed by atoms with van der Waals surface area (Å²) < 4.78 is 31.8. The molecule has 2 heterocycles. The van der Waals surface area contributed by atoms with Crippen molar-refractivity contribution in [3.63, 3.8) is 0 Å². The number of nitro benzene ring substituents is 1. The van der Waals surface area contributed by atoms with Gasteiger partial charge in [-0.25, -0.2) is 14.0 Å². The van der Waals surface area contributed by atoms with Crippen molar-refractivity contribution < 1.29 is 43.0 Å². The zero-order chi connectivity index (χ0) is 29.5. The van der Waals surface area contributed by atoms with E-state index in [0.717, 1.165) is 30.3 Å². The van der Waals surface area contributed by atoms with E-state index in [1.807, 2.05) is 0 Å². The number of nitrogens with zero attached hydrogens (tertiary/aromatic N) is 1. The van der Waals surface area contributed by atoms with Gasteiger partial charge in [-0.3, -0.25) is 20.2 Å². The van der Waals surface area contributed by atoms with Crippen molar-refractivity contribution >= 4 is 23.4 Å². The number of non-ortho nitro benzene ring substituents is 1. The fraction of sp³-hybridized carbons (Fsp3) is 0.276. The molecule has 3 aromatic rings. The summed E-state index contributed by atoms with van der Waals surface area (Å²) in [6.45, 7) is 2.67. The van der Waals surface area contributed by atoms with Crippen LogP contribution < -0.4 is 10.1 Å². The van der Waals surface area contributed by atoms with Gasteiger partial charge in [-0.05, 0) is 49.7 Å². The van der Waals surface area contributed by atoms with Crippen molar-refractivity contribution in [1.29, 1.82) is 0 Å². The number of aromatic hydroxyl groups is 1. The van der Waals surface area contributed by atoms with Gasteiger partial charge in [-0.2, -0.15) is 0 Å². The van der Waals surface area contributed by atoms with Gasteiger partial charge in [-0.1, -0.05) is 24.3 Å². The molecule has 41 heavy (non-hydrogen) atoms. The Kier molecular flexibility index (Phi) is 6.95. The highest BCUT2D eigenvalue weighted by atomic mass is 19.1. The Balaban J connectivity index is 1.90. The number of Topliss-reactive ketones (excluding diaryl/α,β-unsaturated/α-hetero) is 1. The number of phenols is 1. The van der Waals surface area contributed by atoms with Crippen molar-refractivity contribution in [2.75, 3.05) is 13.2 Å². The van der Waals surface area contributed by atoms with Gasteiger partial charge in [0.05, 0.1) is 35.7 Å². The number of ketones is 1. The lowest BCUT2D eigenvalue weighted by molar-refractivity contribution is -0.385. The van der Waals surface area contributed by atoms with Crippen LogP contribution in [-0.2, 0) is 19.1 Å². The number of para-hydroxylation sites is 1. The standard InChI is InChI=1S/C29H25FN2O9/c1-3-39-26(35)28(27(36)40-4-2)23(16-8-7-9-17(30)14-16)29(25(34)19-10-5-6-11-22(19)41-29)24(31-28)20-15-18(32(37)38)12-13-21(20)33/h5-15,23-24,31,33H,3-4H2,1-2H3/t23-,24-,29-/m1/s1. The Bertz CT molecular complexity index is 1560. The number of halogens is 1. The quantitative estimate of drug-likeness (QED) is 0.188. The molecule has 0 radical (unpaired) electrons. The third kappa shape index (κ3) is 4.10. The van der Waals surface area contributed by atoms with Crippen LogP contribution in [0.4, 0.5) is 10.1 Å². The van der Waals surface area contributed by atoms with Crippen molar-refractivity contribution in [1.82, 2.24) is 5.32 Å². The van der Waals surface area contributed by atoms with E-state index >= 15 is 0 Å². The summed E-state index contributed by atoms with van der Waals surface area (Å²) in [4.78, 5) is 53.2. The molecule has 1 saturated heterocycles. The Labute approximate surface area is 233 Å². The van der Waals surface area contributed by atoms with Crippen molar-refractivity contribution in [2.24, 2.45) is 0 Å². The fourth-order valence-corrected chi connectivity index (χ4v) is 5.77. The predicted molar refractivity (Wildman–Crippen MR) is 140 cm³/mol. The fourth-order valence-electron chi connectivity index (χ4n) is 5.77. The average molecular weight is 565 g/mol. The van der Waals surface area contributed by atoms with Crippen LogP contribution in [-0.4, -0.2) is 52.1 Å². The smallest absolute Gasteiger partial charge is 0.338 e. The van der Waals surface area contributed by atoms with Crippen LogP contribution in [0.5, 0.6) is 11.5 Å². The van der Waals surface area contributed by atoms with E-state index in [4.69, 9.17) is 14.2 Å². The highest BCUT2D eigenvalue weighted by molar-refractivity contribution is 6.14. The summed E-state index contributed by atoms with van der Waals surface area (Å²) >= 11 is 0. The van der Waals surface area contributed by atoms with Crippen LogP contribution in [0.15, 0.2) is 66.7 Å². The lowest BCUT2D eigenvalue weighted by atomic mass is 9.68. The molecule has 1 fully saturated rings. The Morgan fingerprint density at radius 3 is 2.34 bits per heavy atom. The van der Waals surface area contributed by atoms with E-state index in [1.54, 1.807) is 12.1 Å². The lowest BCUT2D eigenvalue weighted by Gasteiger charge is -2.37. The molecule has 11 nitrogen and oxygen atoms in total. The van der Waals surface area contributed by atoms with Gasteiger partial charge in [0, 0.05) is 17.7 Å². The van der Waals surface area contributed by atoms with E-state index in [2.05, 4.69) is 5.32 Å². The zero-order valence-electron chi connectivity index (χ0n) is 22.0. The van der Waals surface area contributed by atoms with Crippen molar-refractivity contribution in [2.45, 2.75) is 36.9 Å². The Hall–Kier alpha value is -4.84. The second-order valence-corrected chi connectivity index (χ2v) is 9.54. The molecule has 0 amide bonds.